The highest BCUT2D eigenvalue weighted by Crippen LogP contribution is 2.64. The quantitative estimate of drug-likeness (QED) is 0.580. The molecule has 108 valence electrons. The van der Waals surface area contributed by atoms with Gasteiger partial charge in [-0.25, -0.2) is 0 Å². The lowest BCUT2D eigenvalue weighted by Gasteiger charge is -2.46. The molecule has 0 amide bonds. The van der Waals surface area contributed by atoms with Gasteiger partial charge in [-0.3, -0.25) is 0 Å². The van der Waals surface area contributed by atoms with Crippen LogP contribution in [0.15, 0.2) is 0 Å². The van der Waals surface area contributed by atoms with Gasteiger partial charge >= 0.3 is 0 Å². The first-order valence-corrected chi connectivity index (χ1v) is 8.35. The van der Waals surface area contributed by atoms with Gasteiger partial charge in [-0.1, -0.05) is 55.4 Å². The van der Waals surface area contributed by atoms with Crippen LogP contribution in [0.2, 0.25) is 0 Å². The van der Waals surface area contributed by atoms with Crippen molar-refractivity contribution in [2.45, 2.75) is 91.1 Å². The molecule has 1 saturated heterocycles. The number of hydrogen-bond acceptors (Lipinski definition) is 1. The maximum absolute atomic E-state index is 2.49. The van der Waals surface area contributed by atoms with Crippen LogP contribution in [-0.4, -0.2) is 9.49 Å². The lowest BCUT2D eigenvalue weighted by molar-refractivity contribution is 0.228. The Morgan fingerprint density at radius 3 is 1.72 bits per heavy atom. The van der Waals surface area contributed by atoms with Gasteiger partial charge in [-0.05, 0) is 42.9 Å². The predicted molar refractivity (Wildman–Crippen MR) is 86.3 cm³/mol. The molecule has 0 aliphatic carbocycles. The van der Waals surface area contributed by atoms with Crippen LogP contribution in [0.25, 0.3) is 0 Å². The number of thioether (sulfide) groups is 1. The Labute approximate surface area is 120 Å². The molecule has 1 fully saturated rings. The second-order valence-corrected chi connectivity index (χ2v) is 10.8. The molecule has 0 spiro atoms. The van der Waals surface area contributed by atoms with Crippen LogP contribution in [-0.2, 0) is 0 Å². The van der Waals surface area contributed by atoms with Crippen LogP contribution in [0, 0.1) is 16.7 Å². The Kier molecular flexibility index (Phi) is 4.30. The van der Waals surface area contributed by atoms with Crippen molar-refractivity contribution in [3.8, 4) is 0 Å². The standard InChI is InChI=1S/C17H34S/c1-13(2)12-17(15(6,7)8)11-10-16(9,18-17)14(3,4)5/h13H,10-12H2,1-9H3. The molecule has 1 heteroatoms. The monoisotopic (exact) mass is 270 g/mol. The average Bonchev–Trinajstić information content (AvgIpc) is 2.42. The molecule has 1 aliphatic heterocycles. The molecule has 0 aromatic rings. The Balaban J connectivity index is 3.06. The summed E-state index contributed by atoms with van der Waals surface area (Å²) in [6.45, 7) is 21.8. The summed E-state index contributed by atoms with van der Waals surface area (Å²) >= 11 is 2.30. The predicted octanol–water partition coefficient (Wildman–Crippen LogP) is 6.15. The van der Waals surface area contributed by atoms with E-state index in [-0.39, 0.29) is 0 Å². The van der Waals surface area contributed by atoms with E-state index >= 15 is 0 Å². The fourth-order valence-corrected chi connectivity index (χ4v) is 5.44. The van der Waals surface area contributed by atoms with Gasteiger partial charge in [0.15, 0.2) is 0 Å². The maximum Gasteiger partial charge on any atom is 0.0217 e. The largest absolute Gasteiger partial charge is 0.148 e. The van der Waals surface area contributed by atoms with Crippen LogP contribution in [0.3, 0.4) is 0 Å². The molecule has 0 bridgehead atoms. The molecule has 1 aliphatic rings. The summed E-state index contributed by atoms with van der Waals surface area (Å²) in [5.41, 5.74) is 0.784. The SMILES string of the molecule is CC(C)CC1(C(C)(C)C)CCC(C)(C(C)(C)C)S1. The number of hydrogen-bond donors (Lipinski definition) is 0. The second-order valence-electron chi connectivity index (χ2n) is 8.93. The van der Waals surface area contributed by atoms with Gasteiger partial charge in [0, 0.05) is 9.49 Å². The third-order valence-electron chi connectivity index (χ3n) is 5.12. The van der Waals surface area contributed by atoms with Gasteiger partial charge in [0.05, 0.1) is 0 Å². The first-order chi connectivity index (χ1) is 7.83. The van der Waals surface area contributed by atoms with Crippen LogP contribution in [0.5, 0.6) is 0 Å². The molecule has 1 heterocycles. The number of rotatable bonds is 2. The first-order valence-electron chi connectivity index (χ1n) is 7.53. The van der Waals surface area contributed by atoms with Crippen molar-refractivity contribution in [2.24, 2.45) is 16.7 Å². The summed E-state index contributed by atoms with van der Waals surface area (Å²) in [5, 5.41) is 0. The minimum absolute atomic E-state index is 0.391. The molecular weight excluding hydrogens is 236 g/mol. The minimum Gasteiger partial charge on any atom is -0.148 e. The van der Waals surface area contributed by atoms with Crippen LogP contribution < -0.4 is 0 Å². The van der Waals surface area contributed by atoms with Crippen molar-refractivity contribution in [3.05, 3.63) is 0 Å². The molecule has 2 unspecified atom stereocenters. The van der Waals surface area contributed by atoms with E-state index in [1.165, 1.54) is 19.3 Å². The first kappa shape index (κ1) is 16.4. The van der Waals surface area contributed by atoms with E-state index in [2.05, 4.69) is 74.1 Å². The molecule has 1 rings (SSSR count). The van der Waals surface area contributed by atoms with Gasteiger partial charge in [0.2, 0.25) is 0 Å². The van der Waals surface area contributed by atoms with Gasteiger partial charge in [-0.15, -0.1) is 11.8 Å². The van der Waals surface area contributed by atoms with Gasteiger partial charge in [-0.2, -0.15) is 0 Å². The molecule has 0 radical (unpaired) electrons. The fraction of sp³-hybridized carbons (Fsp3) is 1.00. The van der Waals surface area contributed by atoms with E-state index in [4.69, 9.17) is 0 Å². The van der Waals surface area contributed by atoms with Crippen molar-refractivity contribution in [2.75, 3.05) is 0 Å². The molecule has 18 heavy (non-hydrogen) atoms. The lowest BCUT2D eigenvalue weighted by atomic mass is 9.71. The Bertz CT molecular complexity index is 292. The molecule has 0 N–H and O–H groups in total. The van der Waals surface area contributed by atoms with E-state index in [1.54, 1.807) is 0 Å². The Hall–Kier alpha value is 0.350. The lowest BCUT2D eigenvalue weighted by Crippen LogP contribution is -2.41. The van der Waals surface area contributed by atoms with Crippen molar-refractivity contribution in [3.63, 3.8) is 0 Å². The van der Waals surface area contributed by atoms with E-state index in [0.717, 1.165) is 5.92 Å². The highest BCUT2D eigenvalue weighted by Gasteiger charge is 2.55. The average molecular weight is 271 g/mol. The molecule has 0 nitrogen and oxygen atoms in total. The zero-order valence-electron chi connectivity index (χ0n) is 14.1. The Morgan fingerprint density at radius 1 is 0.944 bits per heavy atom. The van der Waals surface area contributed by atoms with Crippen molar-refractivity contribution in [1.82, 2.24) is 0 Å². The smallest absolute Gasteiger partial charge is 0.0217 e. The third-order valence-corrected chi connectivity index (χ3v) is 7.76. The summed E-state index contributed by atoms with van der Waals surface area (Å²) in [7, 11) is 0. The second kappa shape index (κ2) is 4.72. The summed E-state index contributed by atoms with van der Waals surface area (Å²) in [6, 6.07) is 0. The highest BCUT2D eigenvalue weighted by molar-refractivity contribution is 8.02. The van der Waals surface area contributed by atoms with Crippen LogP contribution in [0.4, 0.5) is 0 Å². The minimum atomic E-state index is 0.391. The van der Waals surface area contributed by atoms with Gasteiger partial charge in [0.25, 0.3) is 0 Å². The molecule has 0 aromatic carbocycles. The topological polar surface area (TPSA) is 0 Å². The zero-order valence-corrected chi connectivity index (χ0v) is 14.9. The van der Waals surface area contributed by atoms with Crippen molar-refractivity contribution >= 4 is 11.8 Å². The molecule has 0 aromatic heterocycles. The fourth-order valence-electron chi connectivity index (χ4n) is 3.14. The van der Waals surface area contributed by atoms with E-state index < -0.39 is 0 Å². The molecule has 2 atom stereocenters. The van der Waals surface area contributed by atoms with Crippen molar-refractivity contribution < 1.29 is 0 Å². The van der Waals surface area contributed by atoms with E-state index in [9.17, 15) is 0 Å². The van der Waals surface area contributed by atoms with Gasteiger partial charge < -0.3 is 0 Å². The normalized spacial score (nSPS) is 34.3. The molecular formula is C17H34S. The Morgan fingerprint density at radius 2 is 1.44 bits per heavy atom. The van der Waals surface area contributed by atoms with Crippen LogP contribution in [0.1, 0.15) is 81.6 Å². The van der Waals surface area contributed by atoms with E-state index in [1.807, 2.05) is 0 Å². The van der Waals surface area contributed by atoms with E-state index in [0.29, 0.717) is 20.3 Å². The summed E-state index contributed by atoms with van der Waals surface area (Å²) in [6.07, 6.45) is 4.10. The maximum atomic E-state index is 2.49. The summed E-state index contributed by atoms with van der Waals surface area (Å²) < 4.78 is 0.887. The highest BCUT2D eigenvalue weighted by atomic mass is 32.2. The van der Waals surface area contributed by atoms with Crippen molar-refractivity contribution in [1.29, 1.82) is 0 Å². The third kappa shape index (κ3) is 2.92. The van der Waals surface area contributed by atoms with Gasteiger partial charge in [0.1, 0.15) is 0 Å². The summed E-state index contributed by atoms with van der Waals surface area (Å²) in [5.74, 6) is 0.791. The summed E-state index contributed by atoms with van der Waals surface area (Å²) in [4.78, 5) is 0. The zero-order chi connectivity index (χ0) is 14.4. The van der Waals surface area contributed by atoms with Crippen LogP contribution >= 0.6 is 11.8 Å². The molecule has 0 saturated carbocycles.